The molecule has 1 atom stereocenters. The van der Waals surface area contributed by atoms with Crippen molar-refractivity contribution in [2.45, 2.75) is 20.8 Å². The van der Waals surface area contributed by atoms with Gasteiger partial charge in [-0.2, -0.15) is 4.98 Å². The van der Waals surface area contributed by atoms with Gasteiger partial charge < -0.3 is 11.1 Å². The van der Waals surface area contributed by atoms with E-state index in [0.29, 0.717) is 22.7 Å². The smallest absolute Gasteiger partial charge is 0.222 e. The average Bonchev–Trinajstić information content (AvgIpc) is 2.18. The van der Waals surface area contributed by atoms with Gasteiger partial charge in [0.15, 0.2) is 0 Å². The van der Waals surface area contributed by atoms with Crippen LogP contribution in [0.2, 0.25) is 5.02 Å². The van der Waals surface area contributed by atoms with Crippen molar-refractivity contribution in [2.24, 2.45) is 11.8 Å². The summed E-state index contributed by atoms with van der Waals surface area (Å²) in [4.78, 5) is 7.82. The molecule has 1 rings (SSSR count). The molecule has 84 valence electrons. The summed E-state index contributed by atoms with van der Waals surface area (Å²) >= 11 is 5.92. The maximum Gasteiger partial charge on any atom is 0.222 e. The lowest BCUT2D eigenvalue weighted by atomic mass is 9.98. The van der Waals surface area contributed by atoms with E-state index in [1.165, 1.54) is 6.20 Å². The molecule has 0 amide bonds. The van der Waals surface area contributed by atoms with Crippen molar-refractivity contribution in [2.75, 3.05) is 17.6 Å². The van der Waals surface area contributed by atoms with Gasteiger partial charge in [0.05, 0.1) is 6.20 Å². The molecule has 0 aromatic carbocycles. The highest BCUT2D eigenvalue weighted by atomic mass is 35.5. The fraction of sp³-hybridized carbons (Fsp3) is 0.600. The quantitative estimate of drug-likeness (QED) is 0.831. The molecular weight excluding hydrogens is 212 g/mol. The van der Waals surface area contributed by atoms with Crippen molar-refractivity contribution < 1.29 is 0 Å². The first-order valence-electron chi connectivity index (χ1n) is 5.02. The Bertz CT molecular complexity index is 327. The van der Waals surface area contributed by atoms with Crippen molar-refractivity contribution in [3.05, 3.63) is 11.2 Å². The monoisotopic (exact) mass is 228 g/mol. The first-order chi connectivity index (χ1) is 7.00. The van der Waals surface area contributed by atoms with Crippen LogP contribution in [0.15, 0.2) is 6.20 Å². The minimum Gasteiger partial charge on any atom is -0.368 e. The van der Waals surface area contributed by atoms with E-state index in [1.807, 2.05) is 0 Å². The molecular formula is C10H17ClN4. The second-order valence-corrected chi connectivity index (χ2v) is 4.43. The van der Waals surface area contributed by atoms with Gasteiger partial charge in [-0.3, -0.25) is 0 Å². The molecule has 1 aromatic rings. The number of nitrogen functional groups attached to an aromatic ring is 1. The number of aromatic nitrogens is 2. The molecule has 0 saturated heterocycles. The number of hydrogen-bond donors (Lipinski definition) is 2. The first-order valence-corrected chi connectivity index (χ1v) is 5.40. The van der Waals surface area contributed by atoms with Crippen LogP contribution < -0.4 is 11.1 Å². The van der Waals surface area contributed by atoms with Crippen LogP contribution in [0.3, 0.4) is 0 Å². The zero-order chi connectivity index (χ0) is 11.4. The number of nitrogens with zero attached hydrogens (tertiary/aromatic N) is 2. The van der Waals surface area contributed by atoms with E-state index in [1.54, 1.807) is 0 Å². The molecule has 0 radical (unpaired) electrons. The Morgan fingerprint density at radius 1 is 1.47 bits per heavy atom. The molecule has 5 heteroatoms. The Balaban J connectivity index is 2.61. The Morgan fingerprint density at radius 3 is 2.73 bits per heavy atom. The second-order valence-electron chi connectivity index (χ2n) is 4.03. The third kappa shape index (κ3) is 3.55. The van der Waals surface area contributed by atoms with Crippen molar-refractivity contribution in [3.63, 3.8) is 0 Å². The van der Waals surface area contributed by atoms with Crippen LogP contribution in [0.1, 0.15) is 20.8 Å². The SMILES string of the molecule is CC(C)C(C)CNc1nc(N)ncc1Cl. The number of halogens is 1. The molecule has 0 saturated carbocycles. The summed E-state index contributed by atoms with van der Waals surface area (Å²) in [5, 5.41) is 3.67. The molecule has 15 heavy (non-hydrogen) atoms. The van der Waals surface area contributed by atoms with E-state index in [0.717, 1.165) is 6.54 Å². The van der Waals surface area contributed by atoms with E-state index in [4.69, 9.17) is 17.3 Å². The fourth-order valence-electron chi connectivity index (χ4n) is 0.998. The van der Waals surface area contributed by atoms with E-state index >= 15 is 0 Å². The van der Waals surface area contributed by atoms with Crippen molar-refractivity contribution in [1.29, 1.82) is 0 Å². The Hall–Kier alpha value is -1.03. The Kier molecular flexibility index (Phi) is 4.15. The molecule has 0 bridgehead atoms. The highest BCUT2D eigenvalue weighted by molar-refractivity contribution is 6.32. The van der Waals surface area contributed by atoms with Crippen molar-refractivity contribution >= 4 is 23.4 Å². The summed E-state index contributed by atoms with van der Waals surface area (Å²) in [5.74, 6) is 2.02. The lowest BCUT2D eigenvalue weighted by Gasteiger charge is -2.16. The number of nitrogens with two attached hydrogens (primary N) is 1. The van der Waals surface area contributed by atoms with Gasteiger partial charge in [-0.1, -0.05) is 32.4 Å². The molecule has 1 unspecified atom stereocenters. The summed E-state index contributed by atoms with van der Waals surface area (Å²) in [6.07, 6.45) is 1.51. The van der Waals surface area contributed by atoms with Gasteiger partial charge in [0.25, 0.3) is 0 Å². The first kappa shape index (κ1) is 12.0. The van der Waals surface area contributed by atoms with E-state index in [-0.39, 0.29) is 5.95 Å². The molecule has 0 aliphatic rings. The third-order valence-electron chi connectivity index (χ3n) is 2.49. The minimum atomic E-state index is 0.235. The summed E-state index contributed by atoms with van der Waals surface area (Å²) in [7, 11) is 0. The zero-order valence-electron chi connectivity index (χ0n) is 9.29. The van der Waals surface area contributed by atoms with Crippen LogP contribution in [-0.4, -0.2) is 16.5 Å². The molecule has 3 N–H and O–H groups in total. The molecule has 0 spiro atoms. The fourth-order valence-corrected chi connectivity index (χ4v) is 1.16. The molecule has 0 aliphatic carbocycles. The normalized spacial score (nSPS) is 12.9. The van der Waals surface area contributed by atoms with Crippen LogP contribution in [-0.2, 0) is 0 Å². The standard InChI is InChI=1S/C10H17ClN4/c1-6(2)7(3)4-13-9-8(11)5-14-10(12)15-9/h5-7H,4H2,1-3H3,(H3,12,13,14,15). The van der Waals surface area contributed by atoms with Crippen LogP contribution in [0.4, 0.5) is 11.8 Å². The van der Waals surface area contributed by atoms with Crippen LogP contribution >= 0.6 is 11.6 Å². The zero-order valence-corrected chi connectivity index (χ0v) is 10.0. The summed E-state index contributed by atoms with van der Waals surface area (Å²) < 4.78 is 0. The highest BCUT2D eigenvalue weighted by Crippen LogP contribution is 2.19. The van der Waals surface area contributed by atoms with Crippen LogP contribution in [0, 0.1) is 11.8 Å². The van der Waals surface area contributed by atoms with Gasteiger partial charge in [0, 0.05) is 6.54 Å². The van der Waals surface area contributed by atoms with Gasteiger partial charge in [0.2, 0.25) is 5.95 Å². The van der Waals surface area contributed by atoms with Gasteiger partial charge in [-0.25, -0.2) is 4.98 Å². The lowest BCUT2D eigenvalue weighted by molar-refractivity contribution is 0.439. The Labute approximate surface area is 95.3 Å². The largest absolute Gasteiger partial charge is 0.368 e. The number of hydrogen-bond acceptors (Lipinski definition) is 4. The van der Waals surface area contributed by atoms with Crippen molar-refractivity contribution in [1.82, 2.24) is 9.97 Å². The van der Waals surface area contributed by atoms with E-state index in [2.05, 4.69) is 36.1 Å². The summed E-state index contributed by atoms with van der Waals surface area (Å²) in [5.41, 5.74) is 5.47. The minimum absolute atomic E-state index is 0.235. The maximum absolute atomic E-state index is 5.92. The maximum atomic E-state index is 5.92. The molecule has 4 nitrogen and oxygen atoms in total. The van der Waals surface area contributed by atoms with Gasteiger partial charge in [0.1, 0.15) is 10.8 Å². The topological polar surface area (TPSA) is 63.8 Å². The van der Waals surface area contributed by atoms with E-state index < -0.39 is 0 Å². The summed E-state index contributed by atoms with van der Waals surface area (Å²) in [6.45, 7) is 7.37. The Morgan fingerprint density at radius 2 is 2.13 bits per heavy atom. The average molecular weight is 229 g/mol. The number of anilines is 2. The molecule has 0 aliphatic heterocycles. The second kappa shape index (κ2) is 5.16. The van der Waals surface area contributed by atoms with Gasteiger partial charge in [-0.05, 0) is 11.8 Å². The molecule has 0 fully saturated rings. The van der Waals surface area contributed by atoms with Gasteiger partial charge in [-0.15, -0.1) is 0 Å². The molecule has 1 heterocycles. The predicted octanol–water partition coefficient (Wildman–Crippen LogP) is 2.42. The summed E-state index contributed by atoms with van der Waals surface area (Å²) in [6, 6.07) is 0. The van der Waals surface area contributed by atoms with Crippen LogP contribution in [0.5, 0.6) is 0 Å². The van der Waals surface area contributed by atoms with Crippen LogP contribution in [0.25, 0.3) is 0 Å². The van der Waals surface area contributed by atoms with E-state index in [9.17, 15) is 0 Å². The lowest BCUT2D eigenvalue weighted by Crippen LogP contribution is -2.17. The van der Waals surface area contributed by atoms with Crippen molar-refractivity contribution in [3.8, 4) is 0 Å². The number of nitrogens with one attached hydrogen (secondary N) is 1. The highest BCUT2D eigenvalue weighted by Gasteiger charge is 2.09. The predicted molar refractivity (Wildman–Crippen MR) is 63.9 cm³/mol. The molecule has 1 aromatic heterocycles. The number of rotatable bonds is 4. The van der Waals surface area contributed by atoms with Gasteiger partial charge >= 0.3 is 0 Å². The third-order valence-corrected chi connectivity index (χ3v) is 2.77.